The van der Waals surface area contributed by atoms with Gasteiger partial charge in [0, 0.05) is 22.3 Å². The Hall–Kier alpha value is -2.59. The fraction of sp³-hybridized carbons (Fsp3) is 0.143. The summed E-state index contributed by atoms with van der Waals surface area (Å²) in [5.41, 5.74) is 1.20. The van der Waals surface area contributed by atoms with E-state index in [2.05, 4.69) is 5.32 Å². The third-order valence-corrected chi connectivity index (χ3v) is 5.93. The molecule has 1 fully saturated rings. The molecule has 0 spiro atoms. The molecule has 0 atom stereocenters. The zero-order valence-electron chi connectivity index (χ0n) is 16.3. The van der Waals surface area contributed by atoms with E-state index < -0.39 is 5.97 Å². The van der Waals surface area contributed by atoms with Gasteiger partial charge >= 0.3 is 5.97 Å². The molecule has 0 radical (unpaired) electrons. The second kappa shape index (κ2) is 10.8. The van der Waals surface area contributed by atoms with Gasteiger partial charge in [0.25, 0.3) is 11.8 Å². The van der Waals surface area contributed by atoms with Crippen molar-refractivity contribution in [3.05, 3.63) is 63.0 Å². The van der Waals surface area contributed by atoms with Crippen molar-refractivity contribution in [2.24, 2.45) is 0 Å². The average molecular weight is 511 g/mol. The highest BCUT2D eigenvalue weighted by Crippen LogP contribution is 2.32. The highest BCUT2D eigenvalue weighted by molar-refractivity contribution is 8.26. The highest BCUT2D eigenvalue weighted by atomic mass is 35.5. The minimum absolute atomic E-state index is 0.0353. The molecule has 0 unspecified atom stereocenters. The smallest absolute Gasteiger partial charge is 0.305 e. The lowest BCUT2D eigenvalue weighted by atomic mass is 10.2. The van der Waals surface area contributed by atoms with Crippen LogP contribution < -0.4 is 10.1 Å². The van der Waals surface area contributed by atoms with E-state index in [1.165, 1.54) is 4.90 Å². The summed E-state index contributed by atoms with van der Waals surface area (Å²) in [5, 5.41) is 12.3. The normalized spacial score (nSPS) is 14.7. The lowest BCUT2D eigenvalue weighted by Crippen LogP contribution is -2.30. The lowest BCUT2D eigenvalue weighted by molar-refractivity contribution is -0.137. The fourth-order valence-corrected chi connectivity index (χ4v) is 4.52. The second-order valence-electron chi connectivity index (χ2n) is 6.54. The van der Waals surface area contributed by atoms with Crippen LogP contribution in [0.1, 0.15) is 12.0 Å². The number of carbonyl (C=O) groups is 3. The van der Waals surface area contributed by atoms with Crippen LogP contribution in [0, 0.1) is 0 Å². The SMILES string of the molecule is O=C(O)CCN1C(=O)/C(=C/c2ccc(OCC(=O)Nc3cc(Cl)cc(Cl)c3)cc2)SC1=S. The Morgan fingerprint density at radius 1 is 1.16 bits per heavy atom. The lowest BCUT2D eigenvalue weighted by Gasteiger charge is -2.12. The summed E-state index contributed by atoms with van der Waals surface area (Å²) in [6, 6.07) is 11.5. The molecule has 1 heterocycles. The minimum Gasteiger partial charge on any atom is -0.484 e. The van der Waals surface area contributed by atoms with Gasteiger partial charge in [0.1, 0.15) is 10.1 Å². The van der Waals surface area contributed by atoms with E-state index in [1.54, 1.807) is 48.5 Å². The number of thiocarbonyl (C=S) groups is 1. The monoisotopic (exact) mass is 510 g/mol. The molecule has 166 valence electrons. The van der Waals surface area contributed by atoms with E-state index in [0.717, 1.165) is 17.3 Å². The van der Waals surface area contributed by atoms with Gasteiger partial charge in [-0.3, -0.25) is 19.3 Å². The molecule has 0 aliphatic carbocycles. The van der Waals surface area contributed by atoms with Crippen LogP contribution in [-0.2, 0) is 14.4 Å². The van der Waals surface area contributed by atoms with E-state index in [4.69, 9.17) is 45.3 Å². The van der Waals surface area contributed by atoms with E-state index in [1.807, 2.05) is 0 Å². The fourth-order valence-electron chi connectivity index (χ4n) is 2.68. The summed E-state index contributed by atoms with van der Waals surface area (Å²) in [5.74, 6) is -1.23. The van der Waals surface area contributed by atoms with Gasteiger partial charge in [-0.05, 0) is 42.0 Å². The minimum atomic E-state index is -0.997. The number of carboxylic acids is 1. The first-order valence-electron chi connectivity index (χ1n) is 9.17. The van der Waals surface area contributed by atoms with E-state index in [0.29, 0.717) is 30.7 Å². The van der Waals surface area contributed by atoms with Crippen molar-refractivity contribution in [2.75, 3.05) is 18.5 Å². The Bertz CT molecular complexity index is 1090. The summed E-state index contributed by atoms with van der Waals surface area (Å²) in [6.45, 7) is -0.181. The van der Waals surface area contributed by atoms with Gasteiger partial charge in [-0.1, -0.05) is 59.3 Å². The number of ether oxygens (including phenoxy) is 1. The Kier molecular flexibility index (Phi) is 8.14. The number of nitrogens with zero attached hydrogens (tertiary/aromatic N) is 1. The molecular weight excluding hydrogens is 495 g/mol. The predicted molar refractivity (Wildman–Crippen MR) is 129 cm³/mol. The van der Waals surface area contributed by atoms with E-state index in [9.17, 15) is 14.4 Å². The van der Waals surface area contributed by atoms with Crippen molar-refractivity contribution in [3.8, 4) is 5.75 Å². The third kappa shape index (κ3) is 6.70. The van der Waals surface area contributed by atoms with Gasteiger partial charge in [-0.2, -0.15) is 0 Å². The zero-order valence-corrected chi connectivity index (χ0v) is 19.5. The van der Waals surface area contributed by atoms with Gasteiger partial charge in [-0.25, -0.2) is 0 Å². The van der Waals surface area contributed by atoms with Crippen molar-refractivity contribution in [1.82, 2.24) is 4.90 Å². The third-order valence-electron chi connectivity index (χ3n) is 4.12. The topological polar surface area (TPSA) is 95.9 Å². The largest absolute Gasteiger partial charge is 0.484 e. The summed E-state index contributed by atoms with van der Waals surface area (Å²) < 4.78 is 5.81. The average Bonchev–Trinajstić information content (AvgIpc) is 2.97. The van der Waals surface area contributed by atoms with E-state index in [-0.39, 0.29) is 31.4 Å². The van der Waals surface area contributed by atoms with Crippen molar-refractivity contribution in [3.63, 3.8) is 0 Å². The molecule has 0 bridgehead atoms. The van der Waals surface area contributed by atoms with Crippen LogP contribution in [0.2, 0.25) is 10.0 Å². The van der Waals surface area contributed by atoms with Gasteiger partial charge < -0.3 is 15.2 Å². The summed E-state index contributed by atoms with van der Waals surface area (Å²) in [7, 11) is 0. The number of benzene rings is 2. The molecule has 7 nitrogen and oxygen atoms in total. The standard InChI is InChI=1S/C21H16Cl2N2O5S2/c22-13-8-14(23)10-15(9-13)24-18(26)11-30-16-3-1-12(2-4-16)7-17-20(29)25(21(31)32-17)6-5-19(27)28/h1-4,7-10H,5-6,11H2,(H,24,26)(H,27,28)/b17-7-. The summed E-state index contributed by atoms with van der Waals surface area (Å²) in [4.78, 5) is 36.9. The Morgan fingerprint density at radius 2 is 1.81 bits per heavy atom. The van der Waals surface area contributed by atoms with Crippen molar-refractivity contribution >= 4 is 81.0 Å². The van der Waals surface area contributed by atoms with Crippen molar-refractivity contribution in [2.45, 2.75) is 6.42 Å². The highest BCUT2D eigenvalue weighted by Gasteiger charge is 2.32. The number of hydrogen-bond acceptors (Lipinski definition) is 6. The number of hydrogen-bond donors (Lipinski definition) is 2. The first-order chi connectivity index (χ1) is 15.2. The molecule has 11 heteroatoms. The van der Waals surface area contributed by atoms with Crippen LogP contribution in [0.25, 0.3) is 6.08 Å². The van der Waals surface area contributed by atoms with E-state index >= 15 is 0 Å². The summed E-state index contributed by atoms with van der Waals surface area (Å²) in [6.07, 6.45) is 1.49. The van der Waals surface area contributed by atoms with Gasteiger partial charge in [0.2, 0.25) is 0 Å². The number of carbonyl (C=O) groups excluding carboxylic acids is 2. The molecule has 2 aromatic rings. The van der Waals surface area contributed by atoms with Crippen LogP contribution in [0.4, 0.5) is 5.69 Å². The number of aliphatic carboxylic acids is 1. The molecule has 1 aliphatic rings. The Balaban J connectivity index is 1.55. The Morgan fingerprint density at radius 3 is 2.44 bits per heavy atom. The van der Waals surface area contributed by atoms with Gasteiger partial charge in [-0.15, -0.1) is 0 Å². The number of amides is 2. The van der Waals surface area contributed by atoms with Crippen LogP contribution >= 0.6 is 47.2 Å². The molecule has 1 saturated heterocycles. The van der Waals surface area contributed by atoms with Crippen molar-refractivity contribution in [1.29, 1.82) is 0 Å². The first kappa shape index (κ1) is 24.1. The van der Waals surface area contributed by atoms with Crippen LogP contribution in [0.3, 0.4) is 0 Å². The molecule has 0 saturated carbocycles. The van der Waals surface area contributed by atoms with Crippen molar-refractivity contribution < 1.29 is 24.2 Å². The maximum absolute atomic E-state index is 12.4. The maximum Gasteiger partial charge on any atom is 0.305 e. The molecule has 2 amide bonds. The van der Waals surface area contributed by atoms with Crippen LogP contribution in [0.15, 0.2) is 47.4 Å². The van der Waals surface area contributed by atoms with Crippen LogP contribution in [0.5, 0.6) is 5.75 Å². The molecule has 3 rings (SSSR count). The van der Waals surface area contributed by atoms with Gasteiger partial charge in [0.05, 0.1) is 11.3 Å². The molecule has 1 aliphatic heterocycles. The summed E-state index contributed by atoms with van der Waals surface area (Å²) >= 11 is 18.1. The molecule has 0 aromatic heterocycles. The van der Waals surface area contributed by atoms with Crippen LogP contribution in [-0.4, -0.2) is 45.3 Å². The number of anilines is 1. The quantitative estimate of drug-likeness (QED) is 0.392. The zero-order chi connectivity index (χ0) is 23.3. The number of halogens is 2. The Labute approximate surface area is 203 Å². The molecule has 2 N–H and O–H groups in total. The molecule has 2 aromatic carbocycles. The second-order valence-corrected chi connectivity index (χ2v) is 9.09. The number of rotatable bonds is 8. The number of carboxylic acid groups (broad SMARTS) is 1. The molecule has 32 heavy (non-hydrogen) atoms. The number of nitrogens with one attached hydrogen (secondary N) is 1. The first-order valence-corrected chi connectivity index (χ1v) is 11.2. The van der Waals surface area contributed by atoms with Gasteiger partial charge in [0.15, 0.2) is 6.61 Å². The maximum atomic E-state index is 12.4. The number of thioether (sulfide) groups is 1. The molecular formula is C21H16Cl2N2O5S2. The predicted octanol–water partition coefficient (Wildman–Crippen LogP) is 4.69.